The maximum atomic E-state index is 14.4. The number of pyridine rings is 2. The molecule has 5 atom stereocenters. The quantitative estimate of drug-likeness (QED) is 0.0575. The van der Waals surface area contributed by atoms with Gasteiger partial charge in [0.2, 0.25) is 11.8 Å². The van der Waals surface area contributed by atoms with Gasteiger partial charge in [-0.3, -0.25) is 19.9 Å². The number of ether oxygens (including phenoxy) is 4. The van der Waals surface area contributed by atoms with E-state index in [1.165, 1.54) is 6.07 Å². The maximum absolute atomic E-state index is 14.4. The lowest BCUT2D eigenvalue weighted by Crippen LogP contribution is -2.57. The first-order valence-corrected chi connectivity index (χ1v) is 22.0. The molecule has 6 heterocycles. The van der Waals surface area contributed by atoms with Gasteiger partial charge in [0.25, 0.3) is 5.88 Å². The van der Waals surface area contributed by atoms with E-state index in [2.05, 4.69) is 53.9 Å². The number of hydrogen-bond acceptors (Lipinski definition) is 14. The molecule has 0 bridgehead atoms. The first kappa shape index (κ1) is 43.6. The van der Waals surface area contributed by atoms with Crippen molar-refractivity contribution in [3.05, 3.63) is 108 Å². The van der Waals surface area contributed by atoms with E-state index < -0.39 is 35.4 Å². The van der Waals surface area contributed by atoms with Crippen LogP contribution >= 0.6 is 11.3 Å². The van der Waals surface area contributed by atoms with Crippen LogP contribution in [0.3, 0.4) is 0 Å². The predicted octanol–water partition coefficient (Wildman–Crippen LogP) is 6.96. The zero-order chi connectivity index (χ0) is 43.9. The van der Waals surface area contributed by atoms with Crippen LogP contribution in [0.15, 0.2) is 95.4 Å². The molecule has 0 aliphatic carbocycles. The number of rotatable bonds is 20. The largest absolute Gasteiger partial charge is 0.475 e. The average Bonchev–Trinajstić information content (AvgIpc) is 4.12. The minimum atomic E-state index is -1.73. The highest BCUT2D eigenvalue weighted by Crippen LogP contribution is 2.41. The number of H-pyrrole nitrogens is 1. The van der Waals surface area contributed by atoms with Crippen molar-refractivity contribution in [1.29, 1.82) is 0 Å². The molecular formula is C47H51N7O8S. The minimum Gasteiger partial charge on any atom is -0.475 e. The molecule has 2 aromatic carbocycles. The van der Waals surface area contributed by atoms with Crippen LogP contribution in [-0.4, -0.2) is 94.2 Å². The fraction of sp³-hybridized carbons (Fsp3) is 0.362. The number of nitrogens with one attached hydrogen (secondary N) is 3. The molecule has 4 N–H and O–H groups in total. The first-order chi connectivity index (χ1) is 30.7. The molecule has 1 fully saturated rings. The Morgan fingerprint density at radius 3 is 2.32 bits per heavy atom. The Labute approximate surface area is 368 Å². The minimum absolute atomic E-state index is 0.00385. The van der Waals surface area contributed by atoms with Crippen molar-refractivity contribution in [3.63, 3.8) is 0 Å². The van der Waals surface area contributed by atoms with Gasteiger partial charge in [0.15, 0.2) is 11.3 Å². The molecule has 1 saturated heterocycles. The van der Waals surface area contributed by atoms with Crippen LogP contribution in [0.2, 0.25) is 0 Å². The lowest BCUT2D eigenvalue weighted by atomic mass is 9.74. The number of carbonyl (C=O) groups excluding carboxylic acids is 2. The van der Waals surface area contributed by atoms with Gasteiger partial charge >= 0.3 is 0 Å². The van der Waals surface area contributed by atoms with Crippen LogP contribution in [0.25, 0.3) is 43.4 Å². The van der Waals surface area contributed by atoms with E-state index in [0.29, 0.717) is 38.7 Å². The van der Waals surface area contributed by atoms with Gasteiger partial charge in [-0.05, 0) is 60.3 Å². The Morgan fingerprint density at radius 1 is 0.873 bits per heavy atom. The number of β-amino-alcohol motifs (C(OH)–C–C–N with tert-alkyl or cyclic N) is 1. The van der Waals surface area contributed by atoms with Crippen molar-refractivity contribution >= 4 is 44.8 Å². The number of thiazole rings is 1. The lowest BCUT2D eigenvalue weighted by molar-refractivity contribution is -0.141. The van der Waals surface area contributed by atoms with Gasteiger partial charge in [-0.25, -0.2) is 9.97 Å². The second-order valence-corrected chi connectivity index (χ2v) is 16.5. The van der Waals surface area contributed by atoms with E-state index in [0.717, 1.165) is 54.6 Å². The summed E-state index contributed by atoms with van der Waals surface area (Å²) < 4.78 is 28.7. The van der Waals surface area contributed by atoms with E-state index >= 15 is 0 Å². The van der Waals surface area contributed by atoms with Gasteiger partial charge in [0.05, 0.1) is 60.6 Å². The molecular weight excluding hydrogens is 823 g/mol. The topological polar surface area (TPSA) is 196 Å². The summed E-state index contributed by atoms with van der Waals surface area (Å²) in [4.78, 5) is 45.9. The van der Waals surface area contributed by atoms with Gasteiger partial charge in [-0.1, -0.05) is 50.2 Å². The summed E-state index contributed by atoms with van der Waals surface area (Å²) in [7, 11) is 0. The summed E-state index contributed by atoms with van der Waals surface area (Å²) in [6, 6.07) is 21.0. The number of hydrogen-bond donors (Lipinski definition) is 4. The summed E-state index contributed by atoms with van der Waals surface area (Å²) in [5, 5.41) is 23.7. The van der Waals surface area contributed by atoms with Gasteiger partial charge in [-0.15, -0.1) is 11.3 Å². The molecule has 7 aromatic rings. The highest BCUT2D eigenvalue weighted by molar-refractivity contribution is 7.13. The lowest BCUT2D eigenvalue weighted by Gasteiger charge is -2.34. The Hall–Kier alpha value is -6.04. The molecule has 328 valence electrons. The number of aliphatic hydroxyl groups is 1. The molecule has 1 amide bonds. The Kier molecular flexibility index (Phi) is 13.5. The van der Waals surface area contributed by atoms with Crippen molar-refractivity contribution in [2.24, 2.45) is 11.8 Å². The standard InChI is InChI=1S/C47H51N7O8S/c1-5-28(2)44(56)43-39(55)26-51-47(43,46(57)52-29(3)31-6-8-32(9-7-31)45-30(4)50-27-63-45)40-23-42(54-62-40)61-21-19-59-17-16-58-18-20-60-41-13-11-34(24-49-41)33-10-12-35-36-25-48-15-14-37(36)53-38(35)22-33/h6-15,22-25,27-29,39,43,51,53,55H,5,16-21,26H2,1-4H3,(H,52,57)/t28?,29-,39?,43?,47-/m0/s1. The molecule has 1 aliphatic heterocycles. The highest BCUT2D eigenvalue weighted by Gasteiger charge is 2.60. The Morgan fingerprint density at radius 2 is 1.60 bits per heavy atom. The number of amides is 1. The van der Waals surface area contributed by atoms with E-state index in [-0.39, 0.29) is 37.2 Å². The van der Waals surface area contributed by atoms with Gasteiger partial charge in [-0.2, -0.15) is 0 Å². The molecule has 5 aromatic heterocycles. The summed E-state index contributed by atoms with van der Waals surface area (Å²) in [5.41, 5.74) is 7.06. The number of benzene rings is 2. The second-order valence-electron chi connectivity index (χ2n) is 15.7. The third kappa shape index (κ3) is 9.36. The third-order valence-electron chi connectivity index (χ3n) is 11.6. The first-order valence-electron chi connectivity index (χ1n) is 21.1. The predicted molar refractivity (Wildman–Crippen MR) is 238 cm³/mol. The number of carbonyl (C=O) groups is 2. The van der Waals surface area contributed by atoms with Gasteiger partial charge in [0.1, 0.15) is 19.0 Å². The van der Waals surface area contributed by atoms with Crippen molar-refractivity contribution in [1.82, 2.24) is 35.7 Å². The fourth-order valence-corrected chi connectivity index (χ4v) is 8.78. The number of aromatic nitrogens is 5. The molecule has 0 radical (unpaired) electrons. The number of fused-ring (bicyclic) bond motifs is 3. The fourth-order valence-electron chi connectivity index (χ4n) is 7.97. The van der Waals surface area contributed by atoms with E-state index in [4.69, 9.17) is 23.5 Å². The monoisotopic (exact) mass is 873 g/mol. The normalized spacial score (nSPS) is 18.4. The summed E-state index contributed by atoms with van der Waals surface area (Å²) in [6.45, 7) is 9.27. The second kappa shape index (κ2) is 19.6. The SMILES string of the molecule is CCC(C)C(=O)C1C(O)CN[C@@]1(C(=O)N[C@@H](C)c1ccc(-c2scnc2C)cc1)c1cc(OCCOCCOCCOc2ccc(-c3ccc4c(c3)[nH]c3ccncc34)cn2)no1. The number of ketones is 1. The zero-order valence-electron chi connectivity index (χ0n) is 35.6. The zero-order valence-corrected chi connectivity index (χ0v) is 36.4. The van der Waals surface area contributed by atoms with Crippen molar-refractivity contribution in [3.8, 4) is 33.3 Å². The molecule has 63 heavy (non-hydrogen) atoms. The molecule has 15 nitrogen and oxygen atoms in total. The van der Waals surface area contributed by atoms with Crippen LogP contribution in [0, 0.1) is 18.8 Å². The van der Waals surface area contributed by atoms with Crippen LogP contribution in [-0.2, 0) is 24.6 Å². The number of nitrogens with zero attached hydrogens (tertiary/aromatic N) is 4. The van der Waals surface area contributed by atoms with Crippen molar-refractivity contribution in [2.45, 2.75) is 51.8 Å². The van der Waals surface area contributed by atoms with E-state index in [1.807, 2.05) is 74.9 Å². The van der Waals surface area contributed by atoms with Gasteiger partial charge in [0, 0.05) is 70.6 Å². The molecule has 1 aliphatic rings. The summed E-state index contributed by atoms with van der Waals surface area (Å²) >= 11 is 1.57. The van der Waals surface area contributed by atoms with Crippen LogP contribution < -0.4 is 20.1 Å². The molecule has 0 spiro atoms. The van der Waals surface area contributed by atoms with Gasteiger partial charge < -0.3 is 38.9 Å². The highest BCUT2D eigenvalue weighted by atomic mass is 32.1. The van der Waals surface area contributed by atoms with E-state index in [9.17, 15) is 14.7 Å². The van der Waals surface area contributed by atoms with Crippen LogP contribution in [0.1, 0.15) is 50.3 Å². The summed E-state index contributed by atoms with van der Waals surface area (Å²) in [5.74, 6) is -1.61. The molecule has 16 heteroatoms. The average molecular weight is 874 g/mol. The molecule has 3 unspecified atom stereocenters. The number of aliphatic hydroxyl groups excluding tert-OH is 1. The number of Topliss-reactive ketones (excluding diaryl/α,β-unsaturated/α-hetero) is 1. The summed E-state index contributed by atoms with van der Waals surface area (Å²) in [6.07, 6.45) is 4.86. The van der Waals surface area contributed by atoms with Crippen molar-refractivity contribution in [2.75, 3.05) is 46.2 Å². The Balaban J connectivity index is 0.793. The Bertz CT molecular complexity index is 2650. The third-order valence-corrected chi connectivity index (χ3v) is 12.6. The van der Waals surface area contributed by atoms with Crippen LogP contribution in [0.4, 0.5) is 0 Å². The smallest absolute Gasteiger partial charge is 0.254 e. The number of aromatic amines is 1. The maximum Gasteiger partial charge on any atom is 0.254 e. The van der Waals surface area contributed by atoms with Crippen molar-refractivity contribution < 1.29 is 38.2 Å². The molecule has 8 rings (SSSR count). The van der Waals surface area contributed by atoms with E-state index in [1.54, 1.807) is 30.7 Å². The van der Waals surface area contributed by atoms with Crippen LogP contribution in [0.5, 0.6) is 11.8 Å². The molecule has 0 saturated carbocycles. The number of aryl methyl sites for hydroxylation is 1.